The maximum Gasteiger partial charge on any atom is 0.237 e. The summed E-state index contributed by atoms with van der Waals surface area (Å²) in [5.41, 5.74) is 2.35. The molecule has 0 bridgehead atoms. The molecule has 148 valence electrons. The number of nitrogens with zero attached hydrogens (tertiary/aromatic N) is 2. The Labute approximate surface area is 167 Å². The molecule has 0 spiro atoms. The van der Waals surface area contributed by atoms with Crippen LogP contribution in [0.25, 0.3) is 0 Å². The van der Waals surface area contributed by atoms with Gasteiger partial charge in [0.15, 0.2) is 0 Å². The van der Waals surface area contributed by atoms with Crippen molar-refractivity contribution >= 4 is 11.8 Å². The summed E-state index contributed by atoms with van der Waals surface area (Å²) in [6.45, 7) is 5.39. The van der Waals surface area contributed by atoms with Gasteiger partial charge in [-0.3, -0.25) is 14.5 Å². The molecule has 0 saturated carbocycles. The summed E-state index contributed by atoms with van der Waals surface area (Å²) in [4.78, 5) is 29.4. The van der Waals surface area contributed by atoms with Crippen LogP contribution in [0.2, 0.25) is 0 Å². The fourth-order valence-corrected chi connectivity index (χ4v) is 3.64. The SMILES string of the molecule is CCN(Cc1ccccc1)C(=O)CC1C(=O)NCCN1CCc1ccccc1. The first-order valence-electron chi connectivity index (χ1n) is 10.0. The quantitative estimate of drug-likeness (QED) is 0.767. The molecule has 1 atom stereocenters. The first-order valence-corrected chi connectivity index (χ1v) is 10.0. The van der Waals surface area contributed by atoms with Crippen molar-refractivity contribution in [2.45, 2.75) is 32.4 Å². The van der Waals surface area contributed by atoms with E-state index in [0.29, 0.717) is 19.6 Å². The Bertz CT molecular complexity index is 764. The number of piperazine rings is 1. The molecule has 1 unspecified atom stereocenters. The largest absolute Gasteiger partial charge is 0.353 e. The van der Waals surface area contributed by atoms with Gasteiger partial charge in [-0.15, -0.1) is 0 Å². The lowest BCUT2D eigenvalue weighted by atomic mass is 10.1. The van der Waals surface area contributed by atoms with Crippen LogP contribution in [0.4, 0.5) is 0 Å². The highest BCUT2D eigenvalue weighted by Gasteiger charge is 2.32. The monoisotopic (exact) mass is 379 g/mol. The molecule has 0 aliphatic carbocycles. The van der Waals surface area contributed by atoms with Crippen LogP contribution in [0.1, 0.15) is 24.5 Å². The van der Waals surface area contributed by atoms with E-state index >= 15 is 0 Å². The average molecular weight is 380 g/mol. The number of benzene rings is 2. The van der Waals surface area contributed by atoms with E-state index in [1.165, 1.54) is 5.56 Å². The molecule has 2 amide bonds. The van der Waals surface area contributed by atoms with Gasteiger partial charge in [0.1, 0.15) is 0 Å². The summed E-state index contributed by atoms with van der Waals surface area (Å²) in [6, 6.07) is 19.8. The van der Waals surface area contributed by atoms with E-state index in [2.05, 4.69) is 22.3 Å². The van der Waals surface area contributed by atoms with Crippen molar-refractivity contribution in [3.63, 3.8) is 0 Å². The minimum absolute atomic E-state index is 0.0260. The molecular formula is C23H29N3O2. The number of nitrogens with one attached hydrogen (secondary N) is 1. The van der Waals surface area contributed by atoms with E-state index in [4.69, 9.17) is 0 Å². The molecule has 1 fully saturated rings. The fraction of sp³-hybridized carbons (Fsp3) is 0.391. The van der Waals surface area contributed by atoms with Crippen molar-refractivity contribution in [1.82, 2.24) is 15.1 Å². The fourth-order valence-electron chi connectivity index (χ4n) is 3.64. The van der Waals surface area contributed by atoms with E-state index in [-0.39, 0.29) is 18.2 Å². The number of hydrogen-bond donors (Lipinski definition) is 1. The maximum absolute atomic E-state index is 12.9. The summed E-state index contributed by atoms with van der Waals surface area (Å²) >= 11 is 0. The minimum Gasteiger partial charge on any atom is -0.353 e. The molecule has 5 nitrogen and oxygen atoms in total. The lowest BCUT2D eigenvalue weighted by molar-refractivity contribution is -0.139. The highest BCUT2D eigenvalue weighted by molar-refractivity contribution is 5.88. The Morgan fingerprint density at radius 2 is 1.71 bits per heavy atom. The first-order chi connectivity index (χ1) is 13.7. The second-order valence-corrected chi connectivity index (χ2v) is 7.18. The molecule has 1 aliphatic rings. The van der Waals surface area contributed by atoms with Gasteiger partial charge in [0.2, 0.25) is 11.8 Å². The van der Waals surface area contributed by atoms with Gasteiger partial charge in [0.25, 0.3) is 0 Å². The molecule has 1 heterocycles. The van der Waals surface area contributed by atoms with Crippen LogP contribution >= 0.6 is 0 Å². The second kappa shape index (κ2) is 10.0. The smallest absolute Gasteiger partial charge is 0.237 e. The van der Waals surface area contributed by atoms with E-state index in [9.17, 15) is 9.59 Å². The van der Waals surface area contributed by atoms with Crippen LogP contribution in [0, 0.1) is 0 Å². The van der Waals surface area contributed by atoms with Gasteiger partial charge in [0, 0.05) is 32.7 Å². The highest BCUT2D eigenvalue weighted by Crippen LogP contribution is 2.14. The van der Waals surface area contributed by atoms with Crippen molar-refractivity contribution in [3.05, 3.63) is 71.8 Å². The zero-order valence-electron chi connectivity index (χ0n) is 16.5. The third-order valence-corrected chi connectivity index (χ3v) is 5.29. The molecule has 0 radical (unpaired) electrons. The third kappa shape index (κ3) is 5.42. The van der Waals surface area contributed by atoms with E-state index < -0.39 is 6.04 Å². The summed E-state index contributed by atoms with van der Waals surface area (Å²) in [6.07, 6.45) is 1.10. The maximum atomic E-state index is 12.9. The summed E-state index contributed by atoms with van der Waals surface area (Å²) < 4.78 is 0. The Morgan fingerprint density at radius 3 is 2.36 bits per heavy atom. The van der Waals surface area contributed by atoms with Crippen LogP contribution in [-0.2, 0) is 22.6 Å². The van der Waals surface area contributed by atoms with Crippen LogP contribution in [-0.4, -0.2) is 53.8 Å². The summed E-state index contributed by atoms with van der Waals surface area (Å²) in [7, 11) is 0. The van der Waals surface area contributed by atoms with Gasteiger partial charge in [-0.25, -0.2) is 0 Å². The van der Waals surface area contributed by atoms with Gasteiger partial charge >= 0.3 is 0 Å². The van der Waals surface area contributed by atoms with Gasteiger partial charge < -0.3 is 10.2 Å². The highest BCUT2D eigenvalue weighted by atomic mass is 16.2. The zero-order valence-corrected chi connectivity index (χ0v) is 16.5. The van der Waals surface area contributed by atoms with Crippen molar-refractivity contribution in [3.8, 4) is 0 Å². The normalized spacial score (nSPS) is 17.2. The lowest BCUT2D eigenvalue weighted by Crippen LogP contribution is -2.57. The van der Waals surface area contributed by atoms with Crippen molar-refractivity contribution < 1.29 is 9.59 Å². The van der Waals surface area contributed by atoms with Crippen molar-refractivity contribution in [2.24, 2.45) is 0 Å². The Balaban J connectivity index is 1.62. The number of carbonyl (C=O) groups is 2. The Kier molecular flexibility index (Phi) is 7.20. The predicted molar refractivity (Wildman–Crippen MR) is 111 cm³/mol. The van der Waals surface area contributed by atoms with Gasteiger partial charge in [-0.1, -0.05) is 60.7 Å². The number of rotatable bonds is 8. The molecule has 28 heavy (non-hydrogen) atoms. The van der Waals surface area contributed by atoms with Crippen molar-refractivity contribution in [1.29, 1.82) is 0 Å². The molecule has 3 rings (SSSR count). The van der Waals surface area contributed by atoms with Gasteiger partial charge in [0.05, 0.1) is 12.5 Å². The molecule has 5 heteroatoms. The molecule has 1 aliphatic heterocycles. The molecule has 1 N–H and O–H groups in total. The number of amides is 2. The lowest BCUT2D eigenvalue weighted by Gasteiger charge is -2.35. The molecule has 1 saturated heterocycles. The second-order valence-electron chi connectivity index (χ2n) is 7.18. The van der Waals surface area contributed by atoms with E-state index in [0.717, 1.165) is 25.1 Å². The summed E-state index contributed by atoms with van der Waals surface area (Å²) in [5, 5.41) is 2.92. The standard InChI is InChI=1S/C23H29N3O2/c1-2-25(18-20-11-7-4-8-12-20)22(27)17-21-23(28)24-14-16-26(21)15-13-19-9-5-3-6-10-19/h3-12,21H,2,13-18H2,1H3,(H,24,28). The number of hydrogen-bond acceptors (Lipinski definition) is 3. The predicted octanol–water partition coefficient (Wildman–Crippen LogP) is 2.47. The van der Waals surface area contributed by atoms with E-state index in [1.807, 2.05) is 60.4 Å². The minimum atomic E-state index is -0.394. The first kappa shape index (κ1) is 20.1. The average Bonchev–Trinajstić information content (AvgIpc) is 2.74. The third-order valence-electron chi connectivity index (χ3n) is 5.29. The summed E-state index contributed by atoms with van der Waals surface area (Å²) in [5.74, 6) is -0.0125. The van der Waals surface area contributed by atoms with Gasteiger partial charge in [-0.2, -0.15) is 0 Å². The van der Waals surface area contributed by atoms with Crippen LogP contribution in [0.5, 0.6) is 0 Å². The molecule has 2 aromatic carbocycles. The topological polar surface area (TPSA) is 52.7 Å². The zero-order chi connectivity index (χ0) is 19.8. The Morgan fingerprint density at radius 1 is 1.07 bits per heavy atom. The molecule has 2 aromatic rings. The number of carbonyl (C=O) groups excluding carboxylic acids is 2. The molecule has 0 aromatic heterocycles. The van der Waals surface area contributed by atoms with E-state index in [1.54, 1.807) is 0 Å². The van der Waals surface area contributed by atoms with Gasteiger partial charge in [-0.05, 0) is 24.5 Å². The van der Waals surface area contributed by atoms with Crippen LogP contribution in [0.15, 0.2) is 60.7 Å². The van der Waals surface area contributed by atoms with Crippen LogP contribution < -0.4 is 5.32 Å². The molecular weight excluding hydrogens is 350 g/mol. The van der Waals surface area contributed by atoms with Crippen LogP contribution in [0.3, 0.4) is 0 Å². The Hall–Kier alpha value is -2.66. The van der Waals surface area contributed by atoms with Crippen molar-refractivity contribution in [2.75, 3.05) is 26.2 Å².